The number of benzene rings is 2. The molecular formula is C18H16ClNO4S. The van der Waals surface area contributed by atoms with Crippen LogP contribution in [-0.4, -0.2) is 20.1 Å². The third-order valence-corrected chi connectivity index (χ3v) is 5.23. The van der Waals surface area contributed by atoms with E-state index in [0.29, 0.717) is 32.9 Å². The molecule has 0 N–H and O–H groups in total. The minimum Gasteiger partial charge on any atom is -0.495 e. The van der Waals surface area contributed by atoms with Gasteiger partial charge < -0.3 is 4.74 Å². The molecule has 0 amide bonds. The molecule has 0 aliphatic rings. The number of ether oxygens (including phenoxy) is 1. The van der Waals surface area contributed by atoms with Gasteiger partial charge in [-0.05, 0) is 55.3 Å². The highest BCUT2D eigenvalue weighted by Gasteiger charge is 2.15. The van der Waals surface area contributed by atoms with Gasteiger partial charge in [0, 0.05) is 16.5 Å². The normalized spacial score (nSPS) is 11.2. The Balaban J connectivity index is 2.45. The summed E-state index contributed by atoms with van der Waals surface area (Å²) in [6.07, 6.45) is 0. The Labute approximate surface area is 151 Å². The highest BCUT2D eigenvalue weighted by Crippen LogP contribution is 2.31. The first kappa shape index (κ1) is 17.5. The Kier molecular flexibility index (Phi) is 4.58. The van der Waals surface area contributed by atoms with Crippen LogP contribution in [0.1, 0.15) is 11.1 Å². The summed E-state index contributed by atoms with van der Waals surface area (Å²) in [5.74, 6) is 0.508. The maximum Gasteiger partial charge on any atom is 0.255 e. The third-order valence-electron chi connectivity index (χ3n) is 4.12. The van der Waals surface area contributed by atoms with E-state index in [-0.39, 0.29) is 10.5 Å². The van der Waals surface area contributed by atoms with E-state index in [0.717, 1.165) is 5.56 Å². The Morgan fingerprint density at radius 1 is 1.04 bits per heavy atom. The lowest BCUT2D eigenvalue weighted by molar-refractivity contribution is 0.412. The topological polar surface area (TPSA) is 65.4 Å². The van der Waals surface area contributed by atoms with Crippen molar-refractivity contribution in [1.29, 1.82) is 0 Å². The second-order valence-corrected chi connectivity index (χ2v) is 7.17. The van der Waals surface area contributed by atoms with Gasteiger partial charge in [-0.15, -0.1) is 0 Å². The molecule has 0 bridgehead atoms. The first-order valence-corrected chi connectivity index (χ1v) is 9.04. The molecule has 0 spiro atoms. The van der Waals surface area contributed by atoms with Crippen LogP contribution in [0.5, 0.6) is 5.75 Å². The average Bonchev–Trinajstić information content (AvgIpc) is 2.57. The van der Waals surface area contributed by atoms with Gasteiger partial charge in [-0.1, -0.05) is 11.6 Å². The summed E-state index contributed by atoms with van der Waals surface area (Å²) in [4.78, 5) is 12.9. The largest absolute Gasteiger partial charge is 0.495 e. The van der Waals surface area contributed by atoms with Crippen molar-refractivity contribution < 1.29 is 13.2 Å². The molecule has 1 aromatic heterocycles. The Bertz CT molecular complexity index is 1120. The minimum atomic E-state index is -2.70. The smallest absolute Gasteiger partial charge is 0.255 e. The zero-order valence-corrected chi connectivity index (χ0v) is 15.5. The maximum absolute atomic E-state index is 12.7. The van der Waals surface area contributed by atoms with Crippen molar-refractivity contribution in [1.82, 2.24) is 4.57 Å². The van der Waals surface area contributed by atoms with Crippen LogP contribution < -0.4 is 10.3 Å². The predicted molar refractivity (Wildman–Crippen MR) is 99.2 cm³/mol. The molecule has 0 unspecified atom stereocenters. The van der Waals surface area contributed by atoms with Crippen molar-refractivity contribution >= 4 is 33.2 Å². The highest BCUT2D eigenvalue weighted by molar-refractivity contribution is 7.72. The van der Waals surface area contributed by atoms with Crippen LogP contribution in [0.4, 0.5) is 0 Å². The van der Waals surface area contributed by atoms with Crippen molar-refractivity contribution in [3.63, 3.8) is 0 Å². The van der Waals surface area contributed by atoms with E-state index in [1.165, 1.54) is 23.8 Å². The fourth-order valence-electron chi connectivity index (χ4n) is 2.83. The minimum absolute atomic E-state index is 0.199. The molecule has 0 fully saturated rings. The van der Waals surface area contributed by atoms with E-state index in [9.17, 15) is 13.2 Å². The molecule has 0 aliphatic carbocycles. The summed E-state index contributed by atoms with van der Waals surface area (Å²) >= 11 is 6.24. The van der Waals surface area contributed by atoms with Crippen LogP contribution in [0.2, 0.25) is 5.02 Å². The number of hydrogen-bond acceptors (Lipinski definition) is 4. The summed E-state index contributed by atoms with van der Waals surface area (Å²) in [7, 11) is -1.18. The van der Waals surface area contributed by atoms with E-state index < -0.39 is 10.7 Å². The first-order valence-electron chi connectivity index (χ1n) is 7.49. The van der Waals surface area contributed by atoms with Crippen molar-refractivity contribution in [2.75, 3.05) is 7.11 Å². The lowest BCUT2D eigenvalue weighted by Crippen LogP contribution is -2.19. The number of aryl methyl sites for hydroxylation is 2. The summed E-state index contributed by atoms with van der Waals surface area (Å²) in [5.41, 5.74) is 2.38. The van der Waals surface area contributed by atoms with Gasteiger partial charge in [0.2, 0.25) is 0 Å². The molecule has 5 nitrogen and oxygen atoms in total. The molecule has 130 valence electrons. The van der Waals surface area contributed by atoms with Crippen LogP contribution in [0.15, 0.2) is 46.1 Å². The number of nitrogens with zero attached hydrogens (tertiary/aromatic N) is 1. The molecule has 0 radical (unpaired) electrons. The van der Waals surface area contributed by atoms with Gasteiger partial charge >= 0.3 is 0 Å². The number of rotatable bonds is 3. The van der Waals surface area contributed by atoms with Crippen LogP contribution >= 0.6 is 11.6 Å². The lowest BCUT2D eigenvalue weighted by atomic mass is 10.1. The van der Waals surface area contributed by atoms with Crippen LogP contribution in [0.3, 0.4) is 0 Å². The van der Waals surface area contributed by atoms with E-state index >= 15 is 0 Å². The third kappa shape index (κ3) is 3.03. The fourth-order valence-corrected chi connectivity index (χ4v) is 3.41. The van der Waals surface area contributed by atoms with Gasteiger partial charge in [0.05, 0.1) is 23.2 Å². The zero-order chi connectivity index (χ0) is 18.3. The zero-order valence-electron chi connectivity index (χ0n) is 13.9. The molecule has 7 heteroatoms. The van der Waals surface area contributed by atoms with Crippen molar-refractivity contribution in [3.05, 3.63) is 62.9 Å². The maximum atomic E-state index is 12.7. The molecule has 25 heavy (non-hydrogen) atoms. The molecular weight excluding hydrogens is 362 g/mol. The monoisotopic (exact) mass is 377 g/mol. The lowest BCUT2D eigenvalue weighted by Gasteiger charge is -2.16. The molecule has 0 aliphatic heterocycles. The quantitative estimate of drug-likeness (QED) is 0.711. The molecule has 0 saturated carbocycles. The summed E-state index contributed by atoms with van der Waals surface area (Å²) in [6.45, 7) is 3.62. The highest BCUT2D eigenvalue weighted by atomic mass is 35.5. The molecule has 1 heterocycles. The van der Waals surface area contributed by atoms with E-state index in [1.54, 1.807) is 31.2 Å². The number of methoxy groups -OCH3 is 1. The van der Waals surface area contributed by atoms with Gasteiger partial charge in [-0.25, -0.2) is 8.42 Å². The van der Waals surface area contributed by atoms with Crippen LogP contribution in [-0.2, 0) is 10.7 Å². The second kappa shape index (κ2) is 6.54. The summed E-state index contributed by atoms with van der Waals surface area (Å²) in [6, 6.07) is 9.57. The Morgan fingerprint density at radius 2 is 1.76 bits per heavy atom. The van der Waals surface area contributed by atoms with E-state index in [1.807, 2.05) is 6.92 Å². The molecule has 2 aromatic carbocycles. The van der Waals surface area contributed by atoms with Gasteiger partial charge in [0.25, 0.3) is 5.56 Å². The van der Waals surface area contributed by atoms with Gasteiger partial charge in [0.15, 0.2) is 10.7 Å². The average molecular weight is 378 g/mol. The van der Waals surface area contributed by atoms with E-state index in [4.69, 9.17) is 16.3 Å². The summed E-state index contributed by atoms with van der Waals surface area (Å²) < 4.78 is 29.5. The van der Waals surface area contributed by atoms with Gasteiger partial charge in [0.1, 0.15) is 5.75 Å². The molecule has 3 rings (SSSR count). The number of hydrogen-bond donors (Lipinski definition) is 1. The van der Waals surface area contributed by atoms with E-state index in [2.05, 4.69) is 0 Å². The Hall–Kier alpha value is -2.31. The first-order chi connectivity index (χ1) is 11.8. The number of halogens is 1. The predicted octanol–water partition coefficient (Wildman–Crippen LogP) is 3.24. The van der Waals surface area contributed by atoms with Crippen molar-refractivity contribution in [2.24, 2.45) is 0 Å². The number of pyridine rings is 1. The van der Waals surface area contributed by atoms with Gasteiger partial charge in [-0.2, -0.15) is 0 Å². The SMILES string of the molecule is COc1cc(C)c(Cl)cc1-n1c(=O)cc(C)c2cc([SH](=O)=O)ccc21. The second-order valence-electron chi connectivity index (χ2n) is 5.73. The molecule has 0 saturated heterocycles. The van der Waals surface area contributed by atoms with Crippen LogP contribution in [0, 0.1) is 13.8 Å². The van der Waals surface area contributed by atoms with Crippen LogP contribution in [0.25, 0.3) is 16.6 Å². The fraction of sp³-hybridized carbons (Fsp3) is 0.167. The standard InChI is InChI=1S/C18H16ClNO4S/c1-10-7-18(21)20(15-5-4-12(25(22)23)8-13(10)15)16-9-14(19)11(2)6-17(16)24-3/h4-9,25H,1-3H3. The Morgan fingerprint density at radius 3 is 2.40 bits per heavy atom. The van der Waals surface area contributed by atoms with Crippen molar-refractivity contribution in [3.8, 4) is 11.4 Å². The number of fused-ring (bicyclic) bond motifs is 1. The molecule has 3 aromatic rings. The molecule has 0 atom stereocenters. The number of thiol groups is 1. The number of aromatic nitrogens is 1. The van der Waals surface area contributed by atoms with Crippen molar-refractivity contribution in [2.45, 2.75) is 18.7 Å². The summed E-state index contributed by atoms with van der Waals surface area (Å²) in [5, 5.41) is 1.19. The van der Waals surface area contributed by atoms with Gasteiger partial charge in [-0.3, -0.25) is 9.36 Å².